The number of hydrogen-bond acceptors (Lipinski definition) is 4. The van der Waals surface area contributed by atoms with E-state index in [4.69, 9.17) is 0 Å². The van der Waals surface area contributed by atoms with Gasteiger partial charge >= 0.3 is 0 Å². The largest absolute Gasteiger partial charge is 0.358 e. The van der Waals surface area contributed by atoms with E-state index in [1.165, 1.54) is 5.69 Å². The molecule has 7 nitrogen and oxygen atoms in total. The van der Waals surface area contributed by atoms with E-state index in [0.717, 1.165) is 22.9 Å². The van der Waals surface area contributed by atoms with E-state index in [-0.39, 0.29) is 17.3 Å². The number of likely N-dealkylation sites (N-methyl/N-ethyl adjacent to an activating group) is 1. The second-order valence-corrected chi connectivity index (χ2v) is 9.01. The first-order valence-corrected chi connectivity index (χ1v) is 10.9. The molecule has 0 bridgehead atoms. The molecule has 1 N–H and O–H groups in total. The predicted octanol–water partition coefficient (Wildman–Crippen LogP) is 2.13. The monoisotopic (exact) mass is 408 g/mol. The lowest BCUT2D eigenvalue weighted by Gasteiger charge is -2.29. The Morgan fingerprint density at radius 2 is 1.93 bits per heavy atom. The predicted molar refractivity (Wildman–Crippen MR) is 110 cm³/mol. The van der Waals surface area contributed by atoms with Crippen molar-refractivity contribution in [3.05, 3.63) is 65.4 Å². The van der Waals surface area contributed by atoms with Gasteiger partial charge in [0.15, 0.2) is 5.84 Å². The minimum atomic E-state index is -3.70. The van der Waals surface area contributed by atoms with Crippen LogP contribution in [0.4, 0.5) is 0 Å². The maximum atomic E-state index is 13.0. The molecule has 0 fully saturated rings. The summed E-state index contributed by atoms with van der Waals surface area (Å²) < 4.78 is 28.4. The molecule has 1 amide bonds. The van der Waals surface area contributed by atoms with E-state index in [1.54, 1.807) is 36.2 Å². The third-order valence-electron chi connectivity index (χ3n) is 5.58. The summed E-state index contributed by atoms with van der Waals surface area (Å²) >= 11 is 0. The summed E-state index contributed by atoms with van der Waals surface area (Å²) in [7, 11) is -2.00. The van der Waals surface area contributed by atoms with Gasteiger partial charge in [-0.25, -0.2) is 0 Å². The lowest BCUT2D eigenvalue weighted by molar-refractivity contribution is -0.132. The van der Waals surface area contributed by atoms with Gasteiger partial charge < -0.3 is 14.8 Å². The van der Waals surface area contributed by atoms with Gasteiger partial charge in [-0.15, -0.1) is 4.40 Å². The first kappa shape index (κ1) is 17.9. The van der Waals surface area contributed by atoms with Gasteiger partial charge in [0.2, 0.25) is 5.91 Å². The van der Waals surface area contributed by atoms with Crippen molar-refractivity contribution in [2.45, 2.75) is 17.9 Å². The number of nitrogens with one attached hydrogen (secondary N) is 1. The first-order valence-electron chi connectivity index (χ1n) is 9.46. The standard InChI is InChI=1S/C21H20N4O3S/c1-24(21-15-7-3-5-9-19(15)29(27,28)23-21)13-20(26)25-11-10-18-16(12-25)14-6-2-4-8-17(14)22-18/h2-9,22H,10-13H2,1H3. The van der Waals surface area contributed by atoms with Crippen LogP contribution in [0, 0.1) is 0 Å². The molecule has 1 aromatic heterocycles. The van der Waals surface area contributed by atoms with Gasteiger partial charge in [-0.1, -0.05) is 30.3 Å². The van der Waals surface area contributed by atoms with Crippen LogP contribution in [0.15, 0.2) is 57.8 Å². The van der Waals surface area contributed by atoms with Crippen LogP contribution in [0.2, 0.25) is 0 Å². The fourth-order valence-corrected chi connectivity index (χ4v) is 5.37. The number of benzene rings is 2. The number of sulfonamides is 1. The molecule has 0 spiro atoms. The van der Waals surface area contributed by atoms with Gasteiger partial charge in [0.1, 0.15) is 4.90 Å². The van der Waals surface area contributed by atoms with Gasteiger partial charge in [0.25, 0.3) is 10.0 Å². The molecule has 3 aromatic rings. The van der Waals surface area contributed by atoms with E-state index in [2.05, 4.69) is 15.4 Å². The summed E-state index contributed by atoms with van der Waals surface area (Å²) in [5.41, 5.74) is 3.98. The van der Waals surface area contributed by atoms with Crippen LogP contribution >= 0.6 is 0 Å². The topological polar surface area (TPSA) is 85.8 Å². The molecule has 2 aliphatic rings. The fraction of sp³-hybridized carbons (Fsp3) is 0.238. The molecule has 148 valence electrons. The van der Waals surface area contributed by atoms with Crippen molar-refractivity contribution >= 4 is 32.7 Å². The molecule has 0 saturated heterocycles. The molecule has 3 heterocycles. The molecular weight excluding hydrogens is 388 g/mol. The number of hydrogen-bond donors (Lipinski definition) is 1. The lowest BCUT2D eigenvalue weighted by atomic mass is 10.0. The average molecular weight is 408 g/mol. The zero-order valence-corrected chi connectivity index (χ0v) is 16.7. The Morgan fingerprint density at radius 1 is 1.17 bits per heavy atom. The smallest absolute Gasteiger partial charge is 0.285 e. The summed E-state index contributed by atoms with van der Waals surface area (Å²) in [5, 5.41) is 1.15. The van der Waals surface area contributed by atoms with Crippen LogP contribution in [0.25, 0.3) is 10.9 Å². The Kier molecular flexibility index (Phi) is 3.99. The van der Waals surface area contributed by atoms with Crippen LogP contribution in [-0.2, 0) is 27.8 Å². The van der Waals surface area contributed by atoms with Gasteiger partial charge in [-0.05, 0) is 18.2 Å². The van der Waals surface area contributed by atoms with Gasteiger partial charge in [-0.3, -0.25) is 4.79 Å². The van der Waals surface area contributed by atoms with Crippen molar-refractivity contribution in [2.75, 3.05) is 20.1 Å². The number of nitrogens with zero attached hydrogens (tertiary/aromatic N) is 3. The van der Waals surface area contributed by atoms with Crippen LogP contribution in [0.1, 0.15) is 16.8 Å². The van der Waals surface area contributed by atoms with Crippen LogP contribution in [0.5, 0.6) is 0 Å². The molecule has 2 aromatic carbocycles. The Bertz CT molecular complexity index is 1280. The quantitative estimate of drug-likeness (QED) is 0.704. The number of rotatable bonds is 2. The number of amides is 1. The van der Waals surface area contributed by atoms with E-state index < -0.39 is 10.0 Å². The number of amidine groups is 1. The Hall–Kier alpha value is -3.13. The zero-order chi connectivity index (χ0) is 20.2. The van der Waals surface area contributed by atoms with Crippen LogP contribution in [0.3, 0.4) is 0 Å². The summed E-state index contributed by atoms with van der Waals surface area (Å²) in [6.07, 6.45) is 0.775. The highest BCUT2D eigenvalue weighted by Gasteiger charge is 2.32. The van der Waals surface area contributed by atoms with Crippen molar-refractivity contribution < 1.29 is 13.2 Å². The highest BCUT2D eigenvalue weighted by atomic mass is 32.2. The van der Waals surface area contributed by atoms with Crippen molar-refractivity contribution in [1.29, 1.82) is 0 Å². The second-order valence-electron chi connectivity index (χ2n) is 7.44. The van der Waals surface area contributed by atoms with Crippen molar-refractivity contribution in [3.63, 3.8) is 0 Å². The van der Waals surface area contributed by atoms with Crippen molar-refractivity contribution in [2.24, 2.45) is 4.40 Å². The highest BCUT2D eigenvalue weighted by Crippen LogP contribution is 2.29. The number of carbonyl (C=O) groups excluding carboxylic acids is 1. The summed E-state index contributed by atoms with van der Waals surface area (Å²) in [6.45, 7) is 1.25. The third kappa shape index (κ3) is 2.91. The van der Waals surface area contributed by atoms with Gasteiger partial charge in [0.05, 0.1) is 6.54 Å². The lowest BCUT2D eigenvalue weighted by Crippen LogP contribution is -2.43. The normalized spacial score (nSPS) is 17.0. The average Bonchev–Trinajstić information content (AvgIpc) is 3.22. The second kappa shape index (κ2) is 6.45. The Balaban J connectivity index is 1.36. The number of H-pyrrole nitrogens is 1. The maximum absolute atomic E-state index is 13.0. The molecule has 5 rings (SSSR count). The first-order chi connectivity index (χ1) is 13.9. The molecule has 0 atom stereocenters. The summed E-state index contributed by atoms with van der Waals surface area (Å²) in [4.78, 5) is 20.1. The van der Waals surface area contributed by atoms with Crippen LogP contribution in [-0.4, -0.2) is 55.1 Å². The van der Waals surface area contributed by atoms with E-state index in [1.807, 2.05) is 23.1 Å². The van der Waals surface area contributed by atoms with Crippen molar-refractivity contribution in [3.8, 4) is 0 Å². The van der Waals surface area contributed by atoms with Gasteiger partial charge in [-0.2, -0.15) is 8.42 Å². The third-order valence-corrected chi connectivity index (χ3v) is 6.91. The molecule has 0 saturated carbocycles. The Labute approximate surface area is 168 Å². The van der Waals surface area contributed by atoms with Gasteiger partial charge in [0, 0.05) is 54.3 Å². The SMILES string of the molecule is CN(CC(=O)N1CCc2[nH]c3ccccc3c2C1)C1=NS(=O)(=O)c2ccccc21. The van der Waals surface area contributed by atoms with Crippen molar-refractivity contribution in [1.82, 2.24) is 14.8 Å². The Morgan fingerprint density at radius 3 is 2.79 bits per heavy atom. The number of fused-ring (bicyclic) bond motifs is 4. The number of aromatic amines is 1. The summed E-state index contributed by atoms with van der Waals surface area (Å²) in [6, 6.07) is 14.8. The number of carbonyl (C=O) groups is 1. The van der Waals surface area contributed by atoms with E-state index >= 15 is 0 Å². The molecule has 2 aliphatic heterocycles. The number of para-hydroxylation sites is 1. The minimum absolute atomic E-state index is 0.0482. The maximum Gasteiger partial charge on any atom is 0.285 e. The zero-order valence-electron chi connectivity index (χ0n) is 15.9. The molecule has 8 heteroatoms. The van der Waals surface area contributed by atoms with E-state index in [0.29, 0.717) is 24.5 Å². The fourth-order valence-electron chi connectivity index (χ4n) is 4.12. The number of aromatic nitrogens is 1. The highest BCUT2D eigenvalue weighted by molar-refractivity contribution is 7.90. The molecule has 0 unspecified atom stereocenters. The van der Waals surface area contributed by atoms with Crippen LogP contribution < -0.4 is 0 Å². The minimum Gasteiger partial charge on any atom is -0.358 e. The summed E-state index contributed by atoms with van der Waals surface area (Å²) in [5.74, 6) is 0.270. The molecule has 0 aliphatic carbocycles. The van der Waals surface area contributed by atoms with E-state index in [9.17, 15) is 13.2 Å². The molecule has 29 heavy (non-hydrogen) atoms. The molecular formula is C21H20N4O3S. The molecule has 0 radical (unpaired) electrons.